The van der Waals surface area contributed by atoms with Gasteiger partial charge in [0.1, 0.15) is 5.82 Å². The van der Waals surface area contributed by atoms with Crippen molar-refractivity contribution in [1.29, 1.82) is 0 Å². The van der Waals surface area contributed by atoms with Crippen molar-refractivity contribution in [3.63, 3.8) is 0 Å². The van der Waals surface area contributed by atoms with Crippen molar-refractivity contribution < 1.29 is 0 Å². The summed E-state index contributed by atoms with van der Waals surface area (Å²) in [6.07, 6.45) is 7.76. The molecule has 1 saturated heterocycles. The third-order valence-corrected chi connectivity index (χ3v) is 5.58. The van der Waals surface area contributed by atoms with Crippen molar-refractivity contribution in [3.05, 3.63) is 84.4 Å². The minimum absolute atomic E-state index is 0.410. The van der Waals surface area contributed by atoms with E-state index in [2.05, 4.69) is 49.4 Å². The Morgan fingerprint density at radius 3 is 2.83 bits per heavy atom. The highest BCUT2D eigenvalue weighted by Gasteiger charge is 2.23. The molecule has 1 unspecified atom stereocenters. The smallest absolute Gasteiger partial charge is 0.228 e. The average Bonchev–Trinajstić information content (AvgIpc) is 2.80. The zero-order chi connectivity index (χ0) is 20.2. The third kappa shape index (κ3) is 4.28. The summed E-state index contributed by atoms with van der Waals surface area (Å²) in [5.74, 6) is 1.77. The maximum atomic E-state index is 4.78. The van der Waals surface area contributed by atoms with Gasteiger partial charge in [-0.2, -0.15) is 0 Å². The molecular weight excluding hydrogens is 372 g/mol. The van der Waals surface area contributed by atoms with Gasteiger partial charge in [0.2, 0.25) is 5.95 Å². The van der Waals surface area contributed by atoms with Crippen LogP contribution in [0.25, 0.3) is 10.9 Å². The Morgan fingerprint density at radius 1 is 0.933 bits per heavy atom. The molecular formula is C24H24N6. The molecule has 4 aromatic rings. The molecule has 0 aliphatic carbocycles. The number of hydrogen-bond donors (Lipinski definition) is 1. The summed E-state index contributed by atoms with van der Waals surface area (Å²) < 4.78 is 0. The summed E-state index contributed by atoms with van der Waals surface area (Å²) in [5, 5.41) is 4.40. The predicted octanol–water partition coefficient (Wildman–Crippen LogP) is 4.54. The fourth-order valence-electron chi connectivity index (χ4n) is 4.13. The van der Waals surface area contributed by atoms with Gasteiger partial charge in [-0.15, -0.1) is 0 Å². The lowest BCUT2D eigenvalue weighted by Gasteiger charge is -2.32. The van der Waals surface area contributed by atoms with Gasteiger partial charge in [0.05, 0.1) is 11.2 Å². The van der Waals surface area contributed by atoms with E-state index in [1.165, 1.54) is 17.4 Å². The van der Waals surface area contributed by atoms with Crippen LogP contribution in [0.4, 0.5) is 11.8 Å². The summed E-state index contributed by atoms with van der Waals surface area (Å²) in [5.41, 5.74) is 3.47. The lowest BCUT2D eigenvalue weighted by Crippen LogP contribution is -2.34. The van der Waals surface area contributed by atoms with Crippen LogP contribution in [-0.2, 0) is 6.54 Å². The number of piperidine rings is 1. The molecule has 6 heteroatoms. The Kier molecular flexibility index (Phi) is 5.31. The third-order valence-electron chi connectivity index (χ3n) is 5.58. The monoisotopic (exact) mass is 396 g/mol. The van der Waals surface area contributed by atoms with Gasteiger partial charge in [0.15, 0.2) is 0 Å². The number of fused-ring (bicyclic) bond motifs is 1. The molecule has 1 fully saturated rings. The zero-order valence-corrected chi connectivity index (χ0v) is 16.8. The van der Waals surface area contributed by atoms with E-state index in [1.54, 1.807) is 6.20 Å². The molecule has 0 saturated carbocycles. The molecule has 4 heterocycles. The lowest BCUT2D eigenvalue weighted by molar-refractivity contribution is 0.198. The Hall–Kier alpha value is -3.38. The van der Waals surface area contributed by atoms with Gasteiger partial charge in [0, 0.05) is 43.0 Å². The highest BCUT2D eigenvalue weighted by Crippen LogP contribution is 2.27. The van der Waals surface area contributed by atoms with Gasteiger partial charge in [-0.3, -0.25) is 9.88 Å². The van der Waals surface area contributed by atoms with E-state index < -0.39 is 0 Å². The second-order valence-electron chi connectivity index (χ2n) is 7.75. The second-order valence-corrected chi connectivity index (χ2v) is 7.75. The first-order valence-corrected chi connectivity index (χ1v) is 10.4. The first-order valence-electron chi connectivity index (χ1n) is 10.4. The predicted molar refractivity (Wildman–Crippen MR) is 119 cm³/mol. The molecule has 0 bridgehead atoms. The highest BCUT2D eigenvalue weighted by molar-refractivity contribution is 5.78. The number of likely N-dealkylation sites (tertiary alicyclic amines) is 1. The van der Waals surface area contributed by atoms with Gasteiger partial charge in [0.25, 0.3) is 0 Å². The summed E-state index contributed by atoms with van der Waals surface area (Å²) in [7, 11) is 0. The van der Waals surface area contributed by atoms with Crippen molar-refractivity contribution in [2.75, 3.05) is 18.4 Å². The standard InChI is InChI=1S/C24H24N6/c1-2-11-26-23(7-1)29-24-27-13-10-22(28-24)20-6-4-14-30(17-20)16-18-8-9-21-19(15-18)5-3-12-25-21/h1-3,5,7-13,15,20H,4,6,14,16-17H2,(H,26,27,28,29). The highest BCUT2D eigenvalue weighted by atomic mass is 15.2. The number of benzene rings is 1. The molecule has 30 heavy (non-hydrogen) atoms. The second kappa shape index (κ2) is 8.55. The molecule has 5 rings (SSSR count). The van der Waals surface area contributed by atoms with E-state index in [0.717, 1.165) is 43.1 Å². The normalized spacial score (nSPS) is 17.1. The average molecular weight is 396 g/mol. The maximum Gasteiger partial charge on any atom is 0.228 e. The molecule has 1 atom stereocenters. The van der Waals surface area contributed by atoms with Crippen molar-refractivity contribution in [1.82, 2.24) is 24.8 Å². The van der Waals surface area contributed by atoms with Crippen molar-refractivity contribution in [3.8, 4) is 0 Å². The number of hydrogen-bond acceptors (Lipinski definition) is 6. The largest absolute Gasteiger partial charge is 0.309 e. The van der Waals surface area contributed by atoms with Gasteiger partial charge in [-0.1, -0.05) is 18.2 Å². The van der Waals surface area contributed by atoms with Crippen LogP contribution in [-0.4, -0.2) is 37.9 Å². The van der Waals surface area contributed by atoms with Crippen LogP contribution in [0.1, 0.15) is 30.0 Å². The van der Waals surface area contributed by atoms with Gasteiger partial charge >= 0.3 is 0 Å². The van der Waals surface area contributed by atoms with Crippen molar-refractivity contribution >= 4 is 22.7 Å². The molecule has 0 amide bonds. The number of nitrogens with zero attached hydrogens (tertiary/aromatic N) is 5. The number of anilines is 2. The van der Waals surface area contributed by atoms with E-state index in [0.29, 0.717) is 11.9 Å². The number of rotatable bonds is 5. The molecule has 3 aromatic heterocycles. The van der Waals surface area contributed by atoms with Crippen LogP contribution in [0.5, 0.6) is 0 Å². The minimum Gasteiger partial charge on any atom is -0.309 e. The van der Waals surface area contributed by atoms with Gasteiger partial charge < -0.3 is 5.32 Å². The number of nitrogens with one attached hydrogen (secondary N) is 1. The first-order chi connectivity index (χ1) is 14.8. The van der Waals surface area contributed by atoms with Gasteiger partial charge in [-0.25, -0.2) is 15.0 Å². The fourth-order valence-corrected chi connectivity index (χ4v) is 4.13. The van der Waals surface area contributed by atoms with E-state index in [-0.39, 0.29) is 0 Å². The molecule has 6 nitrogen and oxygen atoms in total. The molecule has 1 aromatic carbocycles. The molecule has 1 N–H and O–H groups in total. The van der Waals surface area contributed by atoms with Crippen LogP contribution in [0.15, 0.2) is 73.2 Å². The Morgan fingerprint density at radius 2 is 1.90 bits per heavy atom. The fraction of sp³-hybridized carbons (Fsp3) is 0.250. The van der Waals surface area contributed by atoms with Crippen LogP contribution >= 0.6 is 0 Å². The molecule has 0 radical (unpaired) electrons. The van der Waals surface area contributed by atoms with Crippen LogP contribution in [0.3, 0.4) is 0 Å². The molecule has 150 valence electrons. The summed E-state index contributed by atoms with van der Waals surface area (Å²) in [6, 6.07) is 18.5. The molecule has 0 spiro atoms. The lowest BCUT2D eigenvalue weighted by atomic mass is 9.94. The van der Waals surface area contributed by atoms with E-state index in [4.69, 9.17) is 4.98 Å². The van der Waals surface area contributed by atoms with Crippen LogP contribution in [0.2, 0.25) is 0 Å². The summed E-state index contributed by atoms with van der Waals surface area (Å²) >= 11 is 0. The maximum absolute atomic E-state index is 4.78. The molecule has 1 aliphatic rings. The van der Waals surface area contributed by atoms with Crippen molar-refractivity contribution in [2.24, 2.45) is 0 Å². The zero-order valence-electron chi connectivity index (χ0n) is 16.8. The van der Waals surface area contributed by atoms with Crippen LogP contribution in [0, 0.1) is 0 Å². The van der Waals surface area contributed by atoms with E-state index >= 15 is 0 Å². The topological polar surface area (TPSA) is 66.8 Å². The van der Waals surface area contributed by atoms with Crippen LogP contribution < -0.4 is 5.32 Å². The molecule has 1 aliphatic heterocycles. The van der Waals surface area contributed by atoms with Crippen molar-refractivity contribution in [2.45, 2.75) is 25.3 Å². The first kappa shape index (κ1) is 18.6. The minimum atomic E-state index is 0.410. The Bertz CT molecular complexity index is 1130. The SMILES string of the molecule is c1ccc(Nc2nccc(C3CCCN(Cc4ccc5ncccc5c4)C3)n2)nc1. The van der Waals surface area contributed by atoms with E-state index in [1.807, 2.05) is 42.7 Å². The quantitative estimate of drug-likeness (QED) is 0.534. The Labute approximate surface area is 176 Å². The van der Waals surface area contributed by atoms with Gasteiger partial charge in [-0.05, 0) is 61.3 Å². The Balaban J connectivity index is 1.28. The summed E-state index contributed by atoms with van der Waals surface area (Å²) in [6.45, 7) is 3.07. The van der Waals surface area contributed by atoms with E-state index in [9.17, 15) is 0 Å². The number of aromatic nitrogens is 4. The summed E-state index contributed by atoms with van der Waals surface area (Å²) in [4.78, 5) is 20.4. The number of pyridine rings is 2.